The molecule has 0 saturated carbocycles. The van der Waals surface area contributed by atoms with E-state index in [-0.39, 0.29) is 12.5 Å². The minimum absolute atomic E-state index is 0.0750. The Kier molecular flexibility index (Phi) is 65.2. The van der Waals surface area contributed by atoms with Crippen LogP contribution in [0.25, 0.3) is 0 Å². The van der Waals surface area contributed by atoms with E-state index in [4.69, 9.17) is 0 Å². The number of hydrogen-bond acceptors (Lipinski definition) is 3. The van der Waals surface area contributed by atoms with Crippen LogP contribution in [0.2, 0.25) is 0 Å². The monoisotopic (exact) mass is 1060 g/mol. The molecule has 0 radical (unpaired) electrons. The summed E-state index contributed by atoms with van der Waals surface area (Å²) in [5, 5.41) is 23.2. The molecule has 1 amide bonds. The number of aliphatic hydroxyl groups is 2. The number of carbonyl (C=O) groups excluding carboxylic acids is 1. The number of nitrogens with one attached hydrogen (secondary N) is 1. The third-order valence-electron chi connectivity index (χ3n) is 15.6. The highest BCUT2D eigenvalue weighted by Crippen LogP contribution is 2.18. The molecule has 0 rings (SSSR count). The first kappa shape index (κ1) is 73.8. The first-order valence-electron chi connectivity index (χ1n) is 34.2. The fourth-order valence-electron chi connectivity index (χ4n) is 10.5. The number of carbonyl (C=O) groups is 1. The van der Waals surface area contributed by atoms with Crippen LogP contribution in [0.15, 0.2) is 72.9 Å². The van der Waals surface area contributed by atoms with Gasteiger partial charge in [0, 0.05) is 6.42 Å². The van der Waals surface area contributed by atoms with E-state index in [9.17, 15) is 15.0 Å². The highest BCUT2D eigenvalue weighted by Gasteiger charge is 2.18. The summed E-state index contributed by atoms with van der Waals surface area (Å²) in [6.45, 7) is 4.32. The molecule has 0 aliphatic carbocycles. The van der Waals surface area contributed by atoms with Crippen molar-refractivity contribution in [1.29, 1.82) is 0 Å². The van der Waals surface area contributed by atoms with Crippen LogP contribution in [0.5, 0.6) is 0 Å². The molecule has 0 aliphatic heterocycles. The Balaban J connectivity index is 3.51. The number of hydrogen-bond donors (Lipinski definition) is 3. The van der Waals surface area contributed by atoms with Gasteiger partial charge in [0.05, 0.1) is 18.8 Å². The van der Waals surface area contributed by atoms with Gasteiger partial charge in [0.15, 0.2) is 0 Å². The minimum Gasteiger partial charge on any atom is -0.394 e. The predicted molar refractivity (Wildman–Crippen MR) is 341 cm³/mol. The van der Waals surface area contributed by atoms with E-state index in [2.05, 4.69) is 79.9 Å². The standard InChI is InChI=1S/C72H133NO3/c1-3-5-7-9-11-13-15-17-19-21-23-25-27-29-31-33-35-36-38-39-41-43-45-47-49-51-53-55-57-59-61-63-65-67-71(75)70(69-74)73-72(76)68-66-64-62-60-58-56-54-52-50-48-46-44-42-40-37-34-32-30-28-26-24-22-20-18-16-14-12-10-8-6-4-2/h16,18,22,24,28,30,49,51,57,59,65,67,70-71,74-75H,3-15,17,19-21,23,25-27,29,31-48,50,52-56,58,60-64,66,68-69H2,1-2H3,(H,73,76)/b18-16-,24-22-,30-28-,51-49+,59-57+,67-65+. The van der Waals surface area contributed by atoms with Crippen molar-refractivity contribution in [2.24, 2.45) is 0 Å². The molecular formula is C72H133NO3. The molecule has 0 heterocycles. The first-order valence-corrected chi connectivity index (χ1v) is 34.2. The lowest BCUT2D eigenvalue weighted by Crippen LogP contribution is -2.45. The van der Waals surface area contributed by atoms with Gasteiger partial charge in [-0.25, -0.2) is 0 Å². The molecule has 0 spiro atoms. The van der Waals surface area contributed by atoms with Crippen LogP contribution in [-0.4, -0.2) is 34.9 Å². The summed E-state index contributed by atoms with van der Waals surface area (Å²) in [5.41, 5.74) is 0. The fourth-order valence-corrected chi connectivity index (χ4v) is 10.5. The summed E-state index contributed by atoms with van der Waals surface area (Å²) in [7, 11) is 0. The lowest BCUT2D eigenvalue weighted by atomic mass is 10.0. The van der Waals surface area contributed by atoms with Crippen LogP contribution in [-0.2, 0) is 4.79 Å². The average Bonchev–Trinajstić information content (AvgIpc) is 3.42. The smallest absolute Gasteiger partial charge is 0.220 e. The molecule has 76 heavy (non-hydrogen) atoms. The van der Waals surface area contributed by atoms with Gasteiger partial charge in [-0.2, -0.15) is 0 Å². The van der Waals surface area contributed by atoms with E-state index >= 15 is 0 Å². The maximum absolute atomic E-state index is 12.5. The maximum atomic E-state index is 12.5. The summed E-state index contributed by atoms with van der Waals surface area (Å²) in [5.74, 6) is -0.0750. The van der Waals surface area contributed by atoms with Gasteiger partial charge in [-0.05, 0) is 83.5 Å². The number of unbranched alkanes of at least 4 members (excludes halogenated alkanes) is 46. The average molecular weight is 1060 g/mol. The summed E-state index contributed by atoms with van der Waals surface area (Å²) in [6.07, 6.45) is 97.0. The second kappa shape index (κ2) is 67.1. The van der Waals surface area contributed by atoms with Crippen LogP contribution in [0, 0.1) is 0 Å². The van der Waals surface area contributed by atoms with Crippen molar-refractivity contribution < 1.29 is 15.0 Å². The summed E-state index contributed by atoms with van der Waals surface area (Å²) >= 11 is 0. The Hall–Kier alpha value is -2.17. The van der Waals surface area contributed by atoms with E-state index in [0.717, 1.165) is 51.4 Å². The van der Waals surface area contributed by atoms with E-state index in [1.54, 1.807) is 6.08 Å². The summed E-state index contributed by atoms with van der Waals surface area (Å²) in [6, 6.07) is -0.650. The molecule has 0 aliphatic rings. The van der Waals surface area contributed by atoms with E-state index in [0.29, 0.717) is 6.42 Å². The lowest BCUT2D eigenvalue weighted by Gasteiger charge is -2.19. The topological polar surface area (TPSA) is 69.6 Å². The Labute approximate surface area is 476 Å². The Bertz CT molecular complexity index is 1290. The molecule has 2 atom stereocenters. The first-order chi connectivity index (χ1) is 37.7. The largest absolute Gasteiger partial charge is 0.394 e. The second-order valence-corrected chi connectivity index (χ2v) is 23.2. The number of allylic oxidation sites excluding steroid dienone is 11. The number of amides is 1. The van der Waals surface area contributed by atoms with Crippen molar-refractivity contribution in [2.75, 3.05) is 6.61 Å². The molecular weight excluding hydrogens is 927 g/mol. The molecule has 0 fully saturated rings. The zero-order valence-corrected chi connectivity index (χ0v) is 51.3. The molecule has 0 aromatic carbocycles. The van der Waals surface area contributed by atoms with Gasteiger partial charge < -0.3 is 15.5 Å². The molecule has 0 bridgehead atoms. The number of rotatable bonds is 63. The SMILES string of the molecule is CCCCCCC/C=C\C/C=C\C/C=C\CCCCCCCCCCCCCCCCCCC(=O)NC(CO)C(O)/C=C/CC/C=C/CC/C=C/CCCCCCCCCCCCCCCCCCCCCCCCC. The van der Waals surface area contributed by atoms with Crippen LogP contribution in [0.4, 0.5) is 0 Å². The van der Waals surface area contributed by atoms with Gasteiger partial charge in [-0.3, -0.25) is 4.79 Å². The second-order valence-electron chi connectivity index (χ2n) is 23.2. The Morgan fingerprint density at radius 1 is 0.316 bits per heavy atom. The van der Waals surface area contributed by atoms with Crippen LogP contribution in [0.3, 0.4) is 0 Å². The zero-order chi connectivity index (χ0) is 54.8. The van der Waals surface area contributed by atoms with Gasteiger partial charge in [0.25, 0.3) is 0 Å². The molecule has 2 unspecified atom stereocenters. The van der Waals surface area contributed by atoms with Crippen molar-refractivity contribution in [3.05, 3.63) is 72.9 Å². The third kappa shape index (κ3) is 62.7. The molecule has 0 aromatic heterocycles. The summed E-state index contributed by atoms with van der Waals surface area (Å²) < 4.78 is 0. The van der Waals surface area contributed by atoms with Crippen molar-refractivity contribution in [3.8, 4) is 0 Å². The Morgan fingerprint density at radius 3 is 0.855 bits per heavy atom. The maximum Gasteiger partial charge on any atom is 0.220 e. The quantitative estimate of drug-likeness (QED) is 0.0420. The molecule has 0 saturated heterocycles. The van der Waals surface area contributed by atoms with Crippen LogP contribution in [0.1, 0.15) is 361 Å². The van der Waals surface area contributed by atoms with Crippen molar-refractivity contribution in [3.63, 3.8) is 0 Å². The van der Waals surface area contributed by atoms with Gasteiger partial charge in [-0.1, -0.05) is 344 Å². The van der Waals surface area contributed by atoms with Crippen molar-refractivity contribution in [2.45, 2.75) is 373 Å². The highest BCUT2D eigenvalue weighted by atomic mass is 16.3. The van der Waals surface area contributed by atoms with Gasteiger partial charge in [0.1, 0.15) is 0 Å². The van der Waals surface area contributed by atoms with E-state index < -0.39 is 12.1 Å². The lowest BCUT2D eigenvalue weighted by molar-refractivity contribution is -0.123. The highest BCUT2D eigenvalue weighted by molar-refractivity contribution is 5.76. The van der Waals surface area contributed by atoms with E-state index in [1.807, 2.05) is 6.08 Å². The molecule has 444 valence electrons. The predicted octanol–water partition coefficient (Wildman–Crippen LogP) is 23.3. The van der Waals surface area contributed by atoms with Gasteiger partial charge in [-0.15, -0.1) is 0 Å². The Morgan fingerprint density at radius 2 is 0.553 bits per heavy atom. The fraction of sp³-hybridized carbons (Fsp3) is 0.819. The van der Waals surface area contributed by atoms with Crippen molar-refractivity contribution >= 4 is 5.91 Å². The summed E-state index contributed by atoms with van der Waals surface area (Å²) in [4.78, 5) is 12.5. The minimum atomic E-state index is -0.875. The van der Waals surface area contributed by atoms with Gasteiger partial charge in [0.2, 0.25) is 5.91 Å². The normalized spacial score (nSPS) is 13.2. The molecule has 4 heteroatoms. The zero-order valence-electron chi connectivity index (χ0n) is 51.3. The van der Waals surface area contributed by atoms with Crippen LogP contribution >= 0.6 is 0 Å². The number of aliphatic hydroxyl groups excluding tert-OH is 2. The molecule has 3 N–H and O–H groups in total. The van der Waals surface area contributed by atoms with Crippen LogP contribution < -0.4 is 5.32 Å². The third-order valence-corrected chi connectivity index (χ3v) is 15.6. The molecule has 4 nitrogen and oxygen atoms in total. The van der Waals surface area contributed by atoms with Gasteiger partial charge >= 0.3 is 0 Å². The molecule has 0 aromatic rings. The van der Waals surface area contributed by atoms with Crippen molar-refractivity contribution in [1.82, 2.24) is 5.32 Å². The van der Waals surface area contributed by atoms with E-state index in [1.165, 1.54) is 289 Å².